The third-order valence-corrected chi connectivity index (χ3v) is 4.76. The second-order valence-electron chi connectivity index (χ2n) is 7.28. The number of esters is 1. The van der Waals surface area contributed by atoms with E-state index in [4.69, 9.17) is 4.74 Å². The van der Waals surface area contributed by atoms with Gasteiger partial charge in [-0.05, 0) is 29.8 Å². The molecule has 0 fully saturated rings. The molecule has 3 aromatic carbocycles. The zero-order chi connectivity index (χ0) is 24.6. The van der Waals surface area contributed by atoms with Gasteiger partial charge < -0.3 is 15.4 Å². The summed E-state index contributed by atoms with van der Waals surface area (Å²) >= 11 is 0. The van der Waals surface area contributed by atoms with Crippen LogP contribution >= 0.6 is 0 Å². The predicted molar refractivity (Wildman–Crippen MR) is 119 cm³/mol. The van der Waals surface area contributed by atoms with Crippen molar-refractivity contribution >= 4 is 23.5 Å². The Morgan fingerprint density at radius 1 is 0.824 bits per heavy atom. The first-order valence-corrected chi connectivity index (χ1v) is 10.3. The van der Waals surface area contributed by atoms with Gasteiger partial charge >= 0.3 is 12.1 Å². The molecule has 0 aliphatic rings. The van der Waals surface area contributed by atoms with E-state index in [2.05, 4.69) is 10.6 Å². The van der Waals surface area contributed by atoms with Gasteiger partial charge in [0.05, 0.1) is 11.3 Å². The highest BCUT2D eigenvalue weighted by Crippen LogP contribution is 2.34. The van der Waals surface area contributed by atoms with Gasteiger partial charge in [0.25, 0.3) is 11.8 Å². The van der Waals surface area contributed by atoms with Crippen LogP contribution in [0.25, 0.3) is 0 Å². The van der Waals surface area contributed by atoms with Crippen LogP contribution in [-0.4, -0.2) is 30.4 Å². The van der Waals surface area contributed by atoms with Gasteiger partial charge in [0.15, 0.2) is 6.61 Å². The Kier molecular flexibility index (Phi) is 8.02. The molecule has 0 radical (unpaired) electrons. The molecule has 2 N–H and O–H groups in total. The predicted octanol–water partition coefficient (Wildman–Crippen LogP) is 4.23. The molecule has 3 rings (SSSR count). The molecule has 0 aliphatic heterocycles. The standard InChI is InChI=1S/C25H21F3N2O4/c26-25(27,28)19-13-7-8-14-20(19)29-22(31)16-34-24(33)21(15-17-9-3-1-4-10-17)30-23(32)18-11-5-2-6-12-18/h1-14,21H,15-16H2,(H,29,31)(H,30,32). The molecule has 0 saturated heterocycles. The molecule has 6 nitrogen and oxygen atoms in total. The summed E-state index contributed by atoms with van der Waals surface area (Å²) in [7, 11) is 0. The lowest BCUT2D eigenvalue weighted by Crippen LogP contribution is -2.44. The minimum Gasteiger partial charge on any atom is -0.454 e. The number of ether oxygens (including phenoxy) is 1. The largest absolute Gasteiger partial charge is 0.454 e. The maximum Gasteiger partial charge on any atom is 0.418 e. The number of nitrogens with one attached hydrogen (secondary N) is 2. The van der Waals surface area contributed by atoms with E-state index < -0.39 is 47.9 Å². The monoisotopic (exact) mass is 470 g/mol. The van der Waals surface area contributed by atoms with Gasteiger partial charge in [-0.15, -0.1) is 0 Å². The van der Waals surface area contributed by atoms with Crippen LogP contribution in [0, 0.1) is 0 Å². The van der Waals surface area contributed by atoms with Gasteiger partial charge in [-0.2, -0.15) is 13.2 Å². The lowest BCUT2D eigenvalue weighted by molar-refractivity contribution is -0.149. The van der Waals surface area contributed by atoms with Crippen molar-refractivity contribution < 1.29 is 32.3 Å². The summed E-state index contributed by atoms with van der Waals surface area (Å²) in [6.45, 7) is -0.822. The van der Waals surface area contributed by atoms with Crippen molar-refractivity contribution in [2.75, 3.05) is 11.9 Å². The van der Waals surface area contributed by atoms with Crippen LogP contribution in [0.5, 0.6) is 0 Å². The fourth-order valence-electron chi connectivity index (χ4n) is 3.14. The molecule has 0 heterocycles. The third kappa shape index (κ3) is 6.93. The number of hydrogen-bond acceptors (Lipinski definition) is 4. The van der Waals surface area contributed by atoms with Gasteiger partial charge in [0, 0.05) is 12.0 Å². The fraction of sp³-hybridized carbons (Fsp3) is 0.160. The number of carbonyl (C=O) groups is 3. The molecule has 0 saturated carbocycles. The molecular formula is C25H21F3N2O4. The number of hydrogen-bond donors (Lipinski definition) is 2. The Morgan fingerprint density at radius 2 is 1.41 bits per heavy atom. The minimum absolute atomic E-state index is 0.0940. The van der Waals surface area contributed by atoms with E-state index in [9.17, 15) is 27.6 Å². The Labute approximate surface area is 193 Å². The summed E-state index contributed by atoms with van der Waals surface area (Å²) in [6.07, 6.45) is -4.57. The van der Waals surface area contributed by atoms with Crippen molar-refractivity contribution in [1.82, 2.24) is 5.32 Å². The number of halogens is 3. The number of anilines is 1. The first kappa shape index (κ1) is 24.5. The number of benzene rings is 3. The molecule has 3 aromatic rings. The molecule has 1 atom stereocenters. The van der Waals surface area contributed by atoms with E-state index in [-0.39, 0.29) is 6.42 Å². The van der Waals surface area contributed by atoms with Crippen molar-refractivity contribution in [2.24, 2.45) is 0 Å². The van der Waals surface area contributed by atoms with Crippen LogP contribution in [0.15, 0.2) is 84.9 Å². The lowest BCUT2D eigenvalue weighted by Gasteiger charge is -2.18. The minimum atomic E-state index is -4.66. The maximum absolute atomic E-state index is 13.1. The number of alkyl halides is 3. The van der Waals surface area contributed by atoms with Crippen LogP contribution in [0.1, 0.15) is 21.5 Å². The highest BCUT2D eigenvalue weighted by atomic mass is 19.4. The topological polar surface area (TPSA) is 84.5 Å². The second kappa shape index (κ2) is 11.1. The Bertz CT molecular complexity index is 1140. The third-order valence-electron chi connectivity index (χ3n) is 4.76. The Hall–Kier alpha value is -4.14. The first-order chi connectivity index (χ1) is 16.2. The fourth-order valence-corrected chi connectivity index (χ4v) is 3.14. The average Bonchev–Trinajstić information content (AvgIpc) is 2.83. The number of carbonyl (C=O) groups excluding carboxylic acids is 3. The smallest absolute Gasteiger partial charge is 0.418 e. The zero-order valence-electron chi connectivity index (χ0n) is 17.8. The van der Waals surface area contributed by atoms with Crippen molar-refractivity contribution in [3.05, 3.63) is 102 Å². The van der Waals surface area contributed by atoms with Gasteiger partial charge in [0.1, 0.15) is 6.04 Å². The van der Waals surface area contributed by atoms with Gasteiger partial charge in [-0.1, -0.05) is 60.7 Å². The van der Waals surface area contributed by atoms with Gasteiger partial charge in [-0.25, -0.2) is 4.79 Å². The quantitative estimate of drug-likeness (QED) is 0.483. The highest BCUT2D eigenvalue weighted by molar-refractivity contribution is 5.97. The highest BCUT2D eigenvalue weighted by Gasteiger charge is 2.33. The summed E-state index contributed by atoms with van der Waals surface area (Å²) in [4.78, 5) is 37.4. The summed E-state index contributed by atoms with van der Waals surface area (Å²) in [5.74, 6) is -2.35. The molecule has 34 heavy (non-hydrogen) atoms. The Morgan fingerprint density at radius 3 is 2.06 bits per heavy atom. The van der Waals surface area contributed by atoms with Crippen LogP contribution in [0.4, 0.5) is 18.9 Å². The van der Waals surface area contributed by atoms with Crippen molar-refractivity contribution in [1.29, 1.82) is 0 Å². The molecule has 0 spiro atoms. The average molecular weight is 470 g/mol. The number of para-hydroxylation sites is 1. The SMILES string of the molecule is O=C(COC(=O)C(Cc1ccccc1)NC(=O)c1ccccc1)Nc1ccccc1C(F)(F)F. The normalized spacial score (nSPS) is 11.9. The lowest BCUT2D eigenvalue weighted by atomic mass is 10.1. The van der Waals surface area contributed by atoms with E-state index in [1.807, 2.05) is 0 Å². The van der Waals surface area contributed by atoms with Crippen LogP contribution in [0.2, 0.25) is 0 Å². The van der Waals surface area contributed by atoms with Crippen LogP contribution < -0.4 is 10.6 Å². The summed E-state index contributed by atoms with van der Waals surface area (Å²) < 4.78 is 44.4. The first-order valence-electron chi connectivity index (χ1n) is 10.3. The van der Waals surface area contributed by atoms with Crippen molar-refractivity contribution in [3.63, 3.8) is 0 Å². The van der Waals surface area contributed by atoms with E-state index >= 15 is 0 Å². The van der Waals surface area contributed by atoms with E-state index in [1.54, 1.807) is 60.7 Å². The summed E-state index contributed by atoms with van der Waals surface area (Å²) in [6, 6.07) is 20.4. The van der Waals surface area contributed by atoms with E-state index in [1.165, 1.54) is 12.1 Å². The van der Waals surface area contributed by atoms with E-state index in [0.29, 0.717) is 5.56 Å². The molecule has 176 valence electrons. The molecule has 2 amide bonds. The molecule has 0 bridgehead atoms. The molecular weight excluding hydrogens is 449 g/mol. The Balaban J connectivity index is 1.66. The maximum atomic E-state index is 13.1. The molecule has 0 aromatic heterocycles. The van der Waals surface area contributed by atoms with Crippen molar-refractivity contribution in [2.45, 2.75) is 18.6 Å². The molecule has 1 unspecified atom stereocenters. The number of amides is 2. The summed E-state index contributed by atoms with van der Waals surface area (Å²) in [5.41, 5.74) is -0.405. The van der Waals surface area contributed by atoms with Gasteiger partial charge in [0.2, 0.25) is 0 Å². The van der Waals surface area contributed by atoms with Crippen molar-refractivity contribution in [3.8, 4) is 0 Å². The molecule has 9 heteroatoms. The van der Waals surface area contributed by atoms with E-state index in [0.717, 1.165) is 17.7 Å². The van der Waals surface area contributed by atoms with Crippen LogP contribution in [-0.2, 0) is 26.9 Å². The zero-order valence-corrected chi connectivity index (χ0v) is 17.8. The van der Waals surface area contributed by atoms with Crippen LogP contribution in [0.3, 0.4) is 0 Å². The summed E-state index contributed by atoms with van der Waals surface area (Å²) in [5, 5.41) is 4.69. The number of rotatable bonds is 8. The van der Waals surface area contributed by atoms with Gasteiger partial charge in [-0.3, -0.25) is 9.59 Å². The molecule has 0 aliphatic carbocycles. The second-order valence-corrected chi connectivity index (χ2v) is 7.28.